The fourth-order valence-electron chi connectivity index (χ4n) is 3.49. The summed E-state index contributed by atoms with van der Waals surface area (Å²) in [5.74, 6) is 0.558. The Hall–Kier alpha value is -2.08. The summed E-state index contributed by atoms with van der Waals surface area (Å²) < 4.78 is 11.1. The summed E-state index contributed by atoms with van der Waals surface area (Å²) in [6.07, 6.45) is 0. The molecule has 162 valence electrons. The molecule has 1 aliphatic rings. The quantitative estimate of drug-likeness (QED) is 0.715. The van der Waals surface area contributed by atoms with Crippen LogP contribution in [0, 0.1) is 0 Å². The molecule has 3 rings (SSSR count). The lowest BCUT2D eigenvalue weighted by atomic mass is 9.87. The van der Waals surface area contributed by atoms with E-state index in [-0.39, 0.29) is 24.0 Å². The summed E-state index contributed by atoms with van der Waals surface area (Å²) >= 11 is 6.04. The minimum atomic E-state index is -0.137. The molecule has 0 aromatic heterocycles. The molecule has 5 nitrogen and oxygen atoms in total. The smallest absolute Gasteiger partial charge is 0.258 e. The van der Waals surface area contributed by atoms with Crippen molar-refractivity contribution in [2.75, 3.05) is 39.5 Å². The van der Waals surface area contributed by atoms with Gasteiger partial charge < -0.3 is 14.8 Å². The van der Waals surface area contributed by atoms with E-state index in [1.54, 1.807) is 0 Å². The molecule has 1 saturated heterocycles. The van der Waals surface area contributed by atoms with Crippen LogP contribution in [0.1, 0.15) is 37.9 Å². The molecule has 1 amide bonds. The van der Waals surface area contributed by atoms with Gasteiger partial charge in [0.2, 0.25) is 0 Å². The van der Waals surface area contributed by atoms with E-state index in [1.165, 1.54) is 5.56 Å². The molecule has 1 fully saturated rings. The number of hydrogen-bond acceptors (Lipinski definition) is 4. The van der Waals surface area contributed by atoms with Gasteiger partial charge in [-0.2, -0.15) is 0 Å². The van der Waals surface area contributed by atoms with Crippen molar-refractivity contribution in [3.8, 4) is 5.75 Å². The average Bonchev–Trinajstić information content (AvgIpc) is 2.74. The van der Waals surface area contributed by atoms with Gasteiger partial charge in [-0.15, -0.1) is 0 Å². The number of nitrogens with one attached hydrogen (secondary N) is 1. The van der Waals surface area contributed by atoms with Gasteiger partial charge in [-0.1, -0.05) is 56.6 Å². The predicted molar refractivity (Wildman–Crippen MR) is 120 cm³/mol. The predicted octanol–water partition coefficient (Wildman–Crippen LogP) is 4.21. The highest BCUT2D eigenvalue weighted by molar-refractivity contribution is 6.30. The summed E-state index contributed by atoms with van der Waals surface area (Å²) in [7, 11) is 0. The molecular formula is C24H31ClN2O3. The zero-order valence-electron chi connectivity index (χ0n) is 18.0. The highest BCUT2D eigenvalue weighted by Gasteiger charge is 2.23. The van der Waals surface area contributed by atoms with E-state index in [2.05, 4.69) is 31.0 Å². The van der Waals surface area contributed by atoms with Crippen LogP contribution in [0.5, 0.6) is 5.75 Å². The van der Waals surface area contributed by atoms with Crippen molar-refractivity contribution in [2.24, 2.45) is 0 Å². The number of morpholine rings is 1. The Kier molecular flexibility index (Phi) is 7.75. The van der Waals surface area contributed by atoms with Gasteiger partial charge >= 0.3 is 0 Å². The molecule has 1 atom stereocenters. The molecule has 6 heteroatoms. The van der Waals surface area contributed by atoms with Gasteiger partial charge in [-0.25, -0.2) is 0 Å². The average molecular weight is 431 g/mol. The first-order valence-electron chi connectivity index (χ1n) is 10.4. The Morgan fingerprint density at radius 3 is 2.33 bits per heavy atom. The molecule has 1 heterocycles. The highest BCUT2D eigenvalue weighted by atomic mass is 35.5. The standard InChI is InChI=1S/C24H31ClN2O3/c1-24(2,3)19-6-10-21(11-7-19)30-17-23(28)26-16-22(27-12-14-29-15-13-27)18-4-8-20(25)9-5-18/h4-11,22H,12-17H2,1-3H3,(H,26,28)/t22-/m1/s1. The van der Waals surface area contributed by atoms with E-state index in [0.717, 1.165) is 18.7 Å². The number of halogens is 1. The third-order valence-electron chi connectivity index (χ3n) is 5.32. The number of carbonyl (C=O) groups excluding carboxylic acids is 1. The van der Waals surface area contributed by atoms with Crippen LogP contribution in [0.15, 0.2) is 48.5 Å². The van der Waals surface area contributed by atoms with Crippen molar-refractivity contribution in [1.82, 2.24) is 10.2 Å². The van der Waals surface area contributed by atoms with Crippen LogP contribution in [0.2, 0.25) is 5.02 Å². The Labute approximate surface area is 184 Å². The van der Waals surface area contributed by atoms with Gasteiger partial charge in [0.1, 0.15) is 5.75 Å². The summed E-state index contributed by atoms with van der Waals surface area (Å²) in [6.45, 7) is 10.1. The molecule has 0 saturated carbocycles. The third-order valence-corrected chi connectivity index (χ3v) is 5.58. The number of rotatable bonds is 7. The maximum atomic E-state index is 12.4. The molecule has 0 spiro atoms. The molecular weight excluding hydrogens is 400 g/mol. The summed E-state index contributed by atoms with van der Waals surface area (Å²) in [5.41, 5.74) is 2.45. The summed E-state index contributed by atoms with van der Waals surface area (Å²) in [5, 5.41) is 3.72. The van der Waals surface area contributed by atoms with Crippen LogP contribution < -0.4 is 10.1 Å². The van der Waals surface area contributed by atoms with Crippen molar-refractivity contribution in [1.29, 1.82) is 0 Å². The van der Waals surface area contributed by atoms with Crippen LogP contribution in [0.4, 0.5) is 0 Å². The first kappa shape index (κ1) is 22.6. The Balaban J connectivity index is 1.55. The largest absolute Gasteiger partial charge is 0.484 e. The first-order chi connectivity index (χ1) is 14.3. The van der Waals surface area contributed by atoms with E-state index in [1.807, 2.05) is 48.5 Å². The maximum Gasteiger partial charge on any atom is 0.258 e. The zero-order valence-corrected chi connectivity index (χ0v) is 18.7. The fraction of sp³-hybridized carbons (Fsp3) is 0.458. The van der Waals surface area contributed by atoms with Gasteiger partial charge in [-0.3, -0.25) is 9.69 Å². The molecule has 0 radical (unpaired) electrons. The fourth-order valence-corrected chi connectivity index (χ4v) is 3.62. The zero-order chi connectivity index (χ0) is 21.6. The minimum Gasteiger partial charge on any atom is -0.484 e. The summed E-state index contributed by atoms with van der Waals surface area (Å²) in [4.78, 5) is 14.7. The molecule has 0 bridgehead atoms. The van der Waals surface area contributed by atoms with Crippen molar-refractivity contribution in [3.05, 3.63) is 64.7 Å². The highest BCUT2D eigenvalue weighted by Crippen LogP contribution is 2.25. The van der Waals surface area contributed by atoms with Crippen LogP contribution in [0.25, 0.3) is 0 Å². The van der Waals surface area contributed by atoms with Gasteiger partial charge in [0.25, 0.3) is 5.91 Å². The van der Waals surface area contributed by atoms with E-state index in [9.17, 15) is 4.79 Å². The topological polar surface area (TPSA) is 50.8 Å². The molecule has 2 aromatic rings. The molecule has 0 aliphatic carbocycles. The van der Waals surface area contributed by atoms with Crippen molar-refractivity contribution >= 4 is 17.5 Å². The third kappa shape index (κ3) is 6.46. The lowest BCUT2D eigenvalue weighted by molar-refractivity contribution is -0.123. The molecule has 1 aliphatic heterocycles. The van der Waals surface area contributed by atoms with Crippen LogP contribution in [-0.4, -0.2) is 50.3 Å². The molecule has 2 aromatic carbocycles. The normalized spacial score (nSPS) is 16.1. The lowest BCUT2D eigenvalue weighted by Gasteiger charge is -2.35. The molecule has 1 N–H and O–H groups in total. The Bertz CT molecular complexity index is 810. The number of hydrogen-bond donors (Lipinski definition) is 1. The minimum absolute atomic E-state index is 0.00862. The molecule has 0 unspecified atom stereocenters. The summed E-state index contributed by atoms with van der Waals surface area (Å²) in [6, 6.07) is 15.8. The van der Waals surface area contributed by atoms with Gasteiger partial charge in [-0.05, 0) is 40.8 Å². The Morgan fingerprint density at radius 2 is 1.73 bits per heavy atom. The lowest BCUT2D eigenvalue weighted by Crippen LogP contribution is -2.44. The Morgan fingerprint density at radius 1 is 1.10 bits per heavy atom. The number of carbonyl (C=O) groups is 1. The van der Waals surface area contributed by atoms with E-state index >= 15 is 0 Å². The second-order valence-electron chi connectivity index (χ2n) is 8.58. The van der Waals surface area contributed by atoms with Gasteiger partial charge in [0.15, 0.2) is 6.61 Å². The van der Waals surface area contributed by atoms with Crippen molar-refractivity contribution in [2.45, 2.75) is 32.2 Å². The number of amides is 1. The van der Waals surface area contributed by atoms with E-state index in [4.69, 9.17) is 21.1 Å². The maximum absolute atomic E-state index is 12.4. The number of nitrogens with zero attached hydrogens (tertiary/aromatic N) is 1. The number of ether oxygens (including phenoxy) is 2. The van der Waals surface area contributed by atoms with Crippen LogP contribution in [-0.2, 0) is 14.9 Å². The monoisotopic (exact) mass is 430 g/mol. The van der Waals surface area contributed by atoms with Crippen LogP contribution >= 0.6 is 11.6 Å². The number of benzene rings is 2. The van der Waals surface area contributed by atoms with E-state index in [0.29, 0.717) is 30.5 Å². The second kappa shape index (κ2) is 10.3. The van der Waals surface area contributed by atoms with Gasteiger partial charge in [0, 0.05) is 24.7 Å². The van der Waals surface area contributed by atoms with Crippen LogP contribution in [0.3, 0.4) is 0 Å². The van der Waals surface area contributed by atoms with E-state index < -0.39 is 0 Å². The second-order valence-corrected chi connectivity index (χ2v) is 9.02. The van der Waals surface area contributed by atoms with Crippen molar-refractivity contribution in [3.63, 3.8) is 0 Å². The SMILES string of the molecule is CC(C)(C)c1ccc(OCC(=O)NC[C@H](c2ccc(Cl)cc2)N2CCOCC2)cc1. The molecule has 30 heavy (non-hydrogen) atoms. The van der Waals surface area contributed by atoms with Crippen molar-refractivity contribution < 1.29 is 14.3 Å². The van der Waals surface area contributed by atoms with Gasteiger partial charge in [0.05, 0.1) is 19.3 Å². The first-order valence-corrected chi connectivity index (χ1v) is 10.8.